The van der Waals surface area contributed by atoms with Crippen LogP contribution in [-0.2, 0) is 14.3 Å². The summed E-state index contributed by atoms with van der Waals surface area (Å²) in [7, 11) is 1.03. The van der Waals surface area contributed by atoms with Gasteiger partial charge in [-0.2, -0.15) is 0 Å². The molecule has 0 aliphatic heterocycles. The van der Waals surface area contributed by atoms with E-state index in [1.54, 1.807) is 0 Å². The summed E-state index contributed by atoms with van der Waals surface area (Å²) in [5, 5.41) is 23.8. The van der Waals surface area contributed by atoms with Gasteiger partial charge in [0.05, 0.1) is 18.0 Å². The number of carboxylic acids is 1. The lowest BCUT2D eigenvalue weighted by Gasteiger charge is -2.10. The molecule has 0 atom stereocenters. The van der Waals surface area contributed by atoms with Crippen molar-refractivity contribution < 1.29 is 24.4 Å². The van der Waals surface area contributed by atoms with Crippen LogP contribution in [0.1, 0.15) is 0 Å². The van der Waals surface area contributed by atoms with Crippen molar-refractivity contribution in [2.24, 2.45) is 0 Å². The second-order valence-electron chi connectivity index (χ2n) is 3.41. The van der Waals surface area contributed by atoms with Gasteiger partial charge in [-0.1, -0.05) is 11.6 Å². The summed E-state index contributed by atoms with van der Waals surface area (Å²) in [5.41, 5.74) is -1.05. The third-order valence-corrected chi connectivity index (χ3v) is 2.33. The van der Waals surface area contributed by atoms with E-state index in [0.29, 0.717) is 6.08 Å². The van der Waals surface area contributed by atoms with Gasteiger partial charge < -0.3 is 20.0 Å². The van der Waals surface area contributed by atoms with E-state index in [4.69, 9.17) is 11.6 Å². The van der Waals surface area contributed by atoms with Crippen LogP contribution in [0, 0.1) is 10.1 Å². The first-order valence-corrected chi connectivity index (χ1v) is 5.45. The maximum absolute atomic E-state index is 11.4. The number of nitro groups is 1. The summed E-state index contributed by atoms with van der Waals surface area (Å²) in [6.45, 7) is 0. The minimum atomic E-state index is -1.66. The molecule has 0 aliphatic rings. The number of aliphatic carboxylic acids is 1. The second kappa shape index (κ2) is 6.53. The van der Waals surface area contributed by atoms with E-state index in [0.717, 1.165) is 13.2 Å². The van der Waals surface area contributed by atoms with Crippen LogP contribution < -0.4 is 10.4 Å². The summed E-state index contributed by atoms with van der Waals surface area (Å²) in [5.74, 6) is -2.67. The monoisotopic (exact) mass is 299 g/mol. The number of anilines is 1. The Morgan fingerprint density at radius 3 is 2.60 bits per heavy atom. The Bertz CT molecular complexity index is 599. The topological polar surface area (TPSA) is 122 Å². The number of halogens is 1. The third kappa shape index (κ3) is 3.95. The first-order chi connectivity index (χ1) is 9.35. The summed E-state index contributed by atoms with van der Waals surface area (Å²) >= 11 is 5.63. The zero-order valence-corrected chi connectivity index (χ0v) is 10.8. The molecule has 0 amide bonds. The number of carboxylic acid groups (broad SMARTS) is 1. The normalized spacial score (nSPS) is 10.8. The van der Waals surface area contributed by atoms with E-state index in [1.165, 1.54) is 12.1 Å². The number of methoxy groups -OCH3 is 1. The Labute approximate surface area is 117 Å². The van der Waals surface area contributed by atoms with Gasteiger partial charge >= 0.3 is 5.97 Å². The maximum Gasteiger partial charge on any atom is 0.354 e. The predicted molar refractivity (Wildman–Crippen MR) is 66.8 cm³/mol. The number of nitrogens with one attached hydrogen (secondary N) is 1. The van der Waals surface area contributed by atoms with Crippen molar-refractivity contribution in [3.05, 3.63) is 45.1 Å². The van der Waals surface area contributed by atoms with Crippen molar-refractivity contribution in [3.63, 3.8) is 0 Å². The van der Waals surface area contributed by atoms with Crippen LogP contribution in [0.15, 0.2) is 30.0 Å². The molecule has 1 aromatic carbocycles. The van der Waals surface area contributed by atoms with Gasteiger partial charge in [-0.3, -0.25) is 10.1 Å². The number of hydrogen-bond acceptors (Lipinski definition) is 7. The van der Waals surface area contributed by atoms with Crippen molar-refractivity contribution in [1.82, 2.24) is 0 Å². The van der Waals surface area contributed by atoms with Gasteiger partial charge in [0, 0.05) is 11.1 Å². The summed E-state index contributed by atoms with van der Waals surface area (Å²) in [4.78, 5) is 32.0. The quantitative estimate of drug-likeness (QED) is 0.363. The Kier molecular flexibility index (Phi) is 5.04. The minimum Gasteiger partial charge on any atom is -0.545 e. The van der Waals surface area contributed by atoms with Crippen molar-refractivity contribution in [3.8, 4) is 0 Å². The van der Waals surface area contributed by atoms with E-state index < -0.39 is 28.2 Å². The van der Waals surface area contributed by atoms with Gasteiger partial charge in [-0.15, -0.1) is 0 Å². The van der Waals surface area contributed by atoms with Gasteiger partial charge in [0.2, 0.25) is 0 Å². The zero-order chi connectivity index (χ0) is 15.3. The second-order valence-corrected chi connectivity index (χ2v) is 3.85. The van der Waals surface area contributed by atoms with E-state index in [-0.39, 0.29) is 10.7 Å². The molecule has 0 radical (unpaired) electrons. The first kappa shape index (κ1) is 15.4. The molecule has 106 valence electrons. The lowest BCUT2D eigenvalue weighted by molar-refractivity contribution is -0.383. The van der Waals surface area contributed by atoms with Crippen molar-refractivity contribution >= 4 is 34.9 Å². The SMILES string of the molecule is COC(=O)C(=CC(=O)[O-])Nc1ccc(Cl)cc1[N+](=O)[O-]. The van der Waals surface area contributed by atoms with Gasteiger partial charge in [-0.05, 0) is 18.2 Å². The van der Waals surface area contributed by atoms with Crippen LogP contribution in [0.25, 0.3) is 0 Å². The van der Waals surface area contributed by atoms with Gasteiger partial charge in [0.1, 0.15) is 11.4 Å². The molecule has 1 aromatic rings. The highest BCUT2D eigenvalue weighted by atomic mass is 35.5. The van der Waals surface area contributed by atoms with E-state index in [9.17, 15) is 24.8 Å². The Hall–Kier alpha value is -2.61. The molecule has 0 saturated heterocycles. The Balaban J connectivity index is 3.21. The number of nitro benzene ring substituents is 1. The number of benzene rings is 1. The van der Waals surface area contributed by atoms with Crippen LogP contribution in [0.2, 0.25) is 5.02 Å². The molecule has 0 fully saturated rings. The number of esters is 1. The molecule has 8 nitrogen and oxygen atoms in total. The molecule has 0 heterocycles. The average molecular weight is 300 g/mol. The van der Waals surface area contributed by atoms with Crippen LogP contribution in [0.4, 0.5) is 11.4 Å². The maximum atomic E-state index is 11.4. The van der Waals surface area contributed by atoms with Gasteiger partial charge in [0.15, 0.2) is 0 Å². The molecule has 0 saturated carbocycles. The largest absolute Gasteiger partial charge is 0.545 e. The Morgan fingerprint density at radius 1 is 1.45 bits per heavy atom. The minimum absolute atomic E-state index is 0.114. The number of ether oxygens (including phenoxy) is 1. The highest BCUT2D eigenvalue weighted by Crippen LogP contribution is 2.28. The average Bonchev–Trinajstić information content (AvgIpc) is 2.38. The fraction of sp³-hybridized carbons (Fsp3) is 0.0909. The molecule has 0 spiro atoms. The number of carbonyl (C=O) groups is 2. The molecule has 20 heavy (non-hydrogen) atoms. The van der Waals surface area contributed by atoms with Crippen LogP contribution in [-0.4, -0.2) is 24.0 Å². The molecule has 9 heteroatoms. The van der Waals surface area contributed by atoms with Crippen LogP contribution in [0.3, 0.4) is 0 Å². The van der Waals surface area contributed by atoms with Crippen molar-refractivity contribution in [2.75, 3.05) is 12.4 Å². The molecule has 0 bridgehead atoms. The third-order valence-electron chi connectivity index (χ3n) is 2.09. The number of nitrogens with zero attached hydrogens (tertiary/aromatic N) is 1. The molecule has 0 unspecified atom stereocenters. The Morgan fingerprint density at radius 2 is 2.10 bits per heavy atom. The number of rotatable bonds is 5. The van der Waals surface area contributed by atoms with E-state index >= 15 is 0 Å². The first-order valence-electron chi connectivity index (χ1n) is 5.07. The molecule has 1 N–H and O–H groups in total. The zero-order valence-electron chi connectivity index (χ0n) is 10.1. The van der Waals surface area contributed by atoms with E-state index in [2.05, 4.69) is 10.1 Å². The molecule has 0 aromatic heterocycles. The van der Waals surface area contributed by atoms with Crippen LogP contribution in [0.5, 0.6) is 0 Å². The fourth-order valence-corrected chi connectivity index (χ4v) is 1.45. The lowest BCUT2D eigenvalue weighted by atomic mass is 10.2. The summed E-state index contributed by atoms with van der Waals surface area (Å²) in [6.07, 6.45) is 0.435. The molecular weight excluding hydrogens is 292 g/mol. The highest BCUT2D eigenvalue weighted by Gasteiger charge is 2.18. The summed E-state index contributed by atoms with van der Waals surface area (Å²) < 4.78 is 4.35. The molecule has 1 rings (SSSR count). The highest BCUT2D eigenvalue weighted by molar-refractivity contribution is 6.31. The number of carbonyl (C=O) groups excluding carboxylic acids is 2. The van der Waals surface area contributed by atoms with E-state index in [1.807, 2.05) is 0 Å². The van der Waals surface area contributed by atoms with Crippen molar-refractivity contribution in [2.45, 2.75) is 0 Å². The lowest BCUT2D eigenvalue weighted by Crippen LogP contribution is -2.23. The molecular formula is C11H8ClN2O6-. The number of hydrogen-bond donors (Lipinski definition) is 1. The summed E-state index contributed by atoms with van der Waals surface area (Å²) in [6, 6.07) is 3.62. The molecule has 0 aliphatic carbocycles. The van der Waals surface area contributed by atoms with Gasteiger partial charge in [-0.25, -0.2) is 4.79 Å². The van der Waals surface area contributed by atoms with Crippen molar-refractivity contribution in [1.29, 1.82) is 0 Å². The predicted octanol–water partition coefficient (Wildman–Crippen LogP) is 0.467. The van der Waals surface area contributed by atoms with Crippen LogP contribution >= 0.6 is 11.6 Å². The standard InChI is InChI=1S/C11H9ClN2O6/c1-20-11(17)8(5-10(15)16)13-7-3-2-6(12)4-9(7)14(18)19/h2-5,13H,1H3,(H,15,16)/p-1. The fourth-order valence-electron chi connectivity index (χ4n) is 1.28. The smallest absolute Gasteiger partial charge is 0.354 e. The van der Waals surface area contributed by atoms with Gasteiger partial charge in [0.25, 0.3) is 5.69 Å².